The maximum absolute atomic E-state index is 14.6. The number of aliphatic hydroxyl groups is 1. The Morgan fingerprint density at radius 1 is 0.935 bits per heavy atom. The van der Waals surface area contributed by atoms with E-state index >= 15 is 0 Å². The lowest BCUT2D eigenvalue weighted by molar-refractivity contribution is -0.148. The fourth-order valence-corrected chi connectivity index (χ4v) is 8.04. The van der Waals surface area contributed by atoms with Gasteiger partial charge in [0.15, 0.2) is 0 Å². The van der Waals surface area contributed by atoms with Gasteiger partial charge in [-0.2, -0.15) is 0 Å². The van der Waals surface area contributed by atoms with E-state index in [0.717, 1.165) is 29.9 Å². The van der Waals surface area contributed by atoms with Crippen molar-refractivity contribution in [1.82, 2.24) is 10.2 Å². The van der Waals surface area contributed by atoms with E-state index in [1.165, 1.54) is 4.90 Å². The Hall–Kier alpha value is -4.21. The van der Waals surface area contributed by atoms with Crippen LogP contribution in [0.15, 0.2) is 84.9 Å². The average Bonchev–Trinajstić information content (AvgIpc) is 3.65. The number of carbonyl (C=O) groups is 3. The topological polar surface area (TPSA) is 111 Å². The summed E-state index contributed by atoms with van der Waals surface area (Å²) in [6, 6.07) is 25.2. The maximum atomic E-state index is 14.6. The van der Waals surface area contributed by atoms with Gasteiger partial charge in [-0.3, -0.25) is 14.4 Å². The Morgan fingerprint density at radius 2 is 1.57 bits per heavy atom. The molecule has 1 spiro atoms. The van der Waals surface area contributed by atoms with Crippen LogP contribution in [-0.2, 0) is 32.1 Å². The molecule has 2 unspecified atom stereocenters. The van der Waals surface area contributed by atoms with Crippen molar-refractivity contribution < 1.29 is 24.2 Å². The van der Waals surface area contributed by atoms with E-state index in [4.69, 9.17) is 4.74 Å². The highest BCUT2D eigenvalue weighted by Gasteiger charge is 2.78. The zero-order chi connectivity index (χ0) is 32.5. The molecule has 242 valence electrons. The van der Waals surface area contributed by atoms with E-state index in [0.29, 0.717) is 31.5 Å². The first-order chi connectivity index (χ1) is 22.2. The van der Waals surface area contributed by atoms with E-state index in [1.807, 2.05) is 91.9 Å². The molecule has 3 aliphatic rings. The molecule has 0 aliphatic carbocycles. The number of nitrogens with zero attached hydrogens (tertiary/aromatic N) is 2. The van der Waals surface area contributed by atoms with Gasteiger partial charge in [0.05, 0.1) is 30.1 Å². The van der Waals surface area contributed by atoms with Crippen LogP contribution in [0.25, 0.3) is 0 Å². The van der Waals surface area contributed by atoms with Crippen LogP contribution >= 0.6 is 0 Å². The monoisotopic (exact) mass is 624 g/mol. The third-order valence-electron chi connectivity index (χ3n) is 10.2. The standard InChI is InChI=1S/C37H44N4O5/c1-4-40(5-2)28-18-16-27(17-19-28)39-34(44)32-37-21-20-36(3,46-37)30(33(43)38-23-26-14-10-7-11-15-26)31(37)35(45)41(32)29(24-42)22-25-12-8-6-9-13-25/h6-19,29-32,42H,4-5,20-24H2,1-3H3,(H,38,43)(H,39,44)/t29-,30-,31+,32?,36+,37?/m1/s1. The zero-order valence-electron chi connectivity index (χ0n) is 26.8. The number of benzene rings is 3. The van der Waals surface area contributed by atoms with Crippen molar-refractivity contribution >= 4 is 29.1 Å². The van der Waals surface area contributed by atoms with Gasteiger partial charge < -0.3 is 30.3 Å². The van der Waals surface area contributed by atoms with Gasteiger partial charge >= 0.3 is 0 Å². The molecule has 9 nitrogen and oxygen atoms in total. The molecule has 3 fully saturated rings. The highest BCUT2D eigenvalue weighted by atomic mass is 16.5. The van der Waals surface area contributed by atoms with Crippen molar-refractivity contribution in [3.8, 4) is 0 Å². The number of fused-ring (bicyclic) bond motifs is 1. The van der Waals surface area contributed by atoms with Gasteiger partial charge in [-0.15, -0.1) is 0 Å². The molecule has 3 amide bonds. The predicted molar refractivity (Wildman–Crippen MR) is 177 cm³/mol. The van der Waals surface area contributed by atoms with Crippen molar-refractivity contribution in [3.05, 3.63) is 96.1 Å². The number of ether oxygens (including phenoxy) is 1. The van der Waals surface area contributed by atoms with E-state index in [2.05, 4.69) is 29.4 Å². The summed E-state index contributed by atoms with van der Waals surface area (Å²) in [7, 11) is 0. The maximum Gasteiger partial charge on any atom is 0.250 e. The molecule has 6 atom stereocenters. The molecule has 0 radical (unpaired) electrons. The highest BCUT2D eigenvalue weighted by molar-refractivity contribution is 6.04. The number of amides is 3. The molecular formula is C37H44N4O5. The lowest BCUT2D eigenvalue weighted by atomic mass is 9.66. The van der Waals surface area contributed by atoms with Crippen LogP contribution in [0.4, 0.5) is 11.4 Å². The predicted octanol–water partition coefficient (Wildman–Crippen LogP) is 4.16. The molecular weight excluding hydrogens is 580 g/mol. The third kappa shape index (κ3) is 5.56. The molecule has 6 rings (SSSR count). The van der Waals surface area contributed by atoms with E-state index in [1.54, 1.807) is 0 Å². The number of aliphatic hydroxyl groups excluding tert-OH is 1. The Morgan fingerprint density at radius 3 is 2.17 bits per heavy atom. The van der Waals surface area contributed by atoms with Crippen LogP contribution in [0.2, 0.25) is 0 Å². The first kappa shape index (κ1) is 31.8. The second-order valence-corrected chi connectivity index (χ2v) is 12.9. The molecule has 3 aromatic rings. The number of carbonyl (C=O) groups excluding carboxylic acids is 3. The van der Waals surface area contributed by atoms with E-state index in [-0.39, 0.29) is 24.3 Å². The van der Waals surface area contributed by atoms with Crippen LogP contribution in [0, 0.1) is 11.8 Å². The van der Waals surface area contributed by atoms with E-state index in [9.17, 15) is 19.5 Å². The zero-order valence-corrected chi connectivity index (χ0v) is 26.8. The first-order valence-corrected chi connectivity index (χ1v) is 16.4. The van der Waals surface area contributed by atoms with Gasteiger partial charge in [0.2, 0.25) is 17.7 Å². The van der Waals surface area contributed by atoms with Gasteiger partial charge in [0.1, 0.15) is 11.6 Å². The molecule has 3 saturated heterocycles. The van der Waals surface area contributed by atoms with Gasteiger partial charge in [-0.05, 0) is 75.4 Å². The summed E-state index contributed by atoms with van der Waals surface area (Å²) in [6.07, 6.45) is 1.36. The number of anilines is 2. The Labute approximate surface area is 270 Å². The number of hydrogen-bond donors (Lipinski definition) is 3. The fourth-order valence-electron chi connectivity index (χ4n) is 8.04. The molecule has 2 bridgehead atoms. The van der Waals surface area contributed by atoms with Crippen LogP contribution in [-0.4, -0.2) is 70.7 Å². The van der Waals surface area contributed by atoms with Crippen LogP contribution in [0.5, 0.6) is 0 Å². The largest absolute Gasteiger partial charge is 0.394 e. The highest BCUT2D eigenvalue weighted by Crippen LogP contribution is 2.63. The molecule has 3 aromatic carbocycles. The minimum Gasteiger partial charge on any atom is -0.394 e. The molecule has 0 saturated carbocycles. The smallest absolute Gasteiger partial charge is 0.250 e. The first-order valence-electron chi connectivity index (χ1n) is 16.4. The third-order valence-corrected chi connectivity index (χ3v) is 10.2. The molecule has 3 heterocycles. The molecule has 3 N–H and O–H groups in total. The van der Waals surface area contributed by atoms with Crippen molar-refractivity contribution in [2.75, 3.05) is 29.9 Å². The van der Waals surface area contributed by atoms with Gasteiger partial charge in [-0.25, -0.2) is 0 Å². The lowest BCUT2D eigenvalue weighted by Crippen LogP contribution is -2.57. The number of nitrogens with one attached hydrogen (secondary N) is 2. The van der Waals surface area contributed by atoms with Gasteiger partial charge in [0, 0.05) is 31.0 Å². The Kier molecular flexibility index (Phi) is 8.90. The van der Waals surface area contributed by atoms with Crippen molar-refractivity contribution in [2.24, 2.45) is 11.8 Å². The van der Waals surface area contributed by atoms with Gasteiger partial charge in [0.25, 0.3) is 0 Å². The van der Waals surface area contributed by atoms with Crippen LogP contribution < -0.4 is 15.5 Å². The molecule has 0 aromatic heterocycles. The SMILES string of the molecule is CCN(CC)c1ccc(NC(=O)C2N([C@@H](CO)Cc3ccccc3)C(=O)[C@@H]3[C@H](C(=O)NCc4ccccc4)[C@]4(C)CCC23O4)cc1. The average molecular weight is 625 g/mol. The number of likely N-dealkylation sites (tertiary alicyclic amines) is 1. The number of rotatable bonds is 12. The molecule has 9 heteroatoms. The van der Waals surface area contributed by atoms with Crippen LogP contribution in [0.1, 0.15) is 44.7 Å². The summed E-state index contributed by atoms with van der Waals surface area (Å²) >= 11 is 0. The molecule has 3 aliphatic heterocycles. The summed E-state index contributed by atoms with van der Waals surface area (Å²) in [5, 5.41) is 16.8. The minimum atomic E-state index is -1.20. The van der Waals surface area contributed by atoms with Crippen molar-refractivity contribution in [3.63, 3.8) is 0 Å². The van der Waals surface area contributed by atoms with E-state index < -0.39 is 35.1 Å². The summed E-state index contributed by atoms with van der Waals surface area (Å²) in [5.41, 5.74) is 1.45. The minimum absolute atomic E-state index is 0.261. The second kappa shape index (κ2) is 12.9. The summed E-state index contributed by atoms with van der Waals surface area (Å²) in [4.78, 5) is 46.7. The van der Waals surface area contributed by atoms with Crippen molar-refractivity contribution in [2.45, 2.75) is 69.9 Å². The molecule has 46 heavy (non-hydrogen) atoms. The Bertz CT molecular complexity index is 1550. The summed E-state index contributed by atoms with van der Waals surface area (Å²) < 4.78 is 6.78. The quantitative estimate of drug-likeness (QED) is 0.279. The van der Waals surface area contributed by atoms with Gasteiger partial charge in [-0.1, -0.05) is 60.7 Å². The fraction of sp³-hybridized carbons (Fsp3) is 0.432. The lowest BCUT2D eigenvalue weighted by Gasteiger charge is -2.37. The summed E-state index contributed by atoms with van der Waals surface area (Å²) in [5.74, 6) is -2.60. The van der Waals surface area contributed by atoms with Crippen molar-refractivity contribution in [1.29, 1.82) is 0 Å². The normalized spacial score (nSPS) is 26.9. The summed E-state index contributed by atoms with van der Waals surface area (Å²) in [6.45, 7) is 7.80. The Balaban J connectivity index is 1.33. The number of hydrogen-bond acceptors (Lipinski definition) is 6. The van der Waals surface area contributed by atoms with Crippen LogP contribution in [0.3, 0.4) is 0 Å². The second-order valence-electron chi connectivity index (χ2n) is 12.9.